The topological polar surface area (TPSA) is 9.72 Å². The van der Waals surface area contributed by atoms with Crippen LogP contribution in [-0.4, -0.2) is 55.6 Å². The van der Waals surface area contributed by atoms with Crippen LogP contribution in [0.5, 0.6) is 0 Å². The highest BCUT2D eigenvalue weighted by Gasteiger charge is 2.27. The molecule has 0 saturated carbocycles. The summed E-state index contributed by atoms with van der Waals surface area (Å²) >= 11 is 0. The van der Waals surface area contributed by atoms with Crippen molar-refractivity contribution in [1.82, 2.24) is 9.80 Å². The van der Waals surface area contributed by atoms with E-state index in [2.05, 4.69) is 113 Å². The van der Waals surface area contributed by atoms with Gasteiger partial charge in [0.05, 0.1) is 6.04 Å². The maximum absolute atomic E-state index is 2.68. The molecular formula is C36H47N3. The number of unbranched alkanes of at least 4 members (excludes halogenated alkanes) is 2. The second-order valence-corrected chi connectivity index (χ2v) is 11.4. The molecule has 3 nitrogen and oxygen atoms in total. The van der Waals surface area contributed by atoms with Gasteiger partial charge in [0, 0.05) is 51.5 Å². The number of fused-ring (bicyclic) bond motifs is 1. The third-order valence-corrected chi connectivity index (χ3v) is 8.56. The molecule has 0 atom stereocenters. The van der Waals surface area contributed by atoms with Crippen molar-refractivity contribution >= 4 is 11.8 Å². The summed E-state index contributed by atoms with van der Waals surface area (Å²) in [4.78, 5) is 7.96. The first kappa shape index (κ1) is 27.7. The van der Waals surface area contributed by atoms with Crippen molar-refractivity contribution in [2.45, 2.75) is 58.4 Å². The molecule has 2 aliphatic rings. The largest absolute Gasteiger partial charge is 0.372 e. The predicted octanol–water partition coefficient (Wildman–Crippen LogP) is 7.83. The zero-order valence-corrected chi connectivity index (χ0v) is 24.2. The van der Waals surface area contributed by atoms with Gasteiger partial charge in [-0.05, 0) is 60.1 Å². The second-order valence-electron chi connectivity index (χ2n) is 11.4. The van der Waals surface area contributed by atoms with Gasteiger partial charge >= 0.3 is 0 Å². The first-order valence-electron chi connectivity index (χ1n) is 15.4. The Morgan fingerprint density at radius 3 is 1.92 bits per heavy atom. The molecule has 0 spiro atoms. The number of anilines is 1. The van der Waals surface area contributed by atoms with Crippen LogP contribution >= 0.6 is 0 Å². The summed E-state index contributed by atoms with van der Waals surface area (Å²) in [6.45, 7) is 12.5. The summed E-state index contributed by atoms with van der Waals surface area (Å²) in [6, 6.07) is 29.6. The van der Waals surface area contributed by atoms with Gasteiger partial charge < -0.3 is 4.90 Å². The number of piperazine rings is 1. The zero-order valence-electron chi connectivity index (χ0n) is 24.2. The Bertz CT molecular complexity index is 1130. The monoisotopic (exact) mass is 521 g/mol. The minimum Gasteiger partial charge on any atom is -0.372 e. The molecule has 1 saturated heterocycles. The molecule has 0 radical (unpaired) electrons. The van der Waals surface area contributed by atoms with Gasteiger partial charge in [-0.25, -0.2) is 0 Å². The molecule has 1 aliphatic carbocycles. The third-order valence-electron chi connectivity index (χ3n) is 8.56. The van der Waals surface area contributed by atoms with Crippen LogP contribution < -0.4 is 4.90 Å². The fourth-order valence-corrected chi connectivity index (χ4v) is 6.28. The highest BCUT2D eigenvalue weighted by Crippen LogP contribution is 2.31. The van der Waals surface area contributed by atoms with E-state index in [-0.39, 0.29) is 0 Å². The van der Waals surface area contributed by atoms with Crippen LogP contribution in [0.3, 0.4) is 0 Å². The van der Waals surface area contributed by atoms with E-state index in [1.807, 2.05) is 0 Å². The van der Waals surface area contributed by atoms with E-state index in [1.54, 1.807) is 5.57 Å². The van der Waals surface area contributed by atoms with Crippen LogP contribution in [0.4, 0.5) is 5.69 Å². The Balaban J connectivity index is 1.21. The summed E-state index contributed by atoms with van der Waals surface area (Å²) in [5, 5.41) is 0. The molecule has 0 aromatic heterocycles. The van der Waals surface area contributed by atoms with Crippen LogP contribution in [0.2, 0.25) is 0 Å². The average molecular weight is 522 g/mol. The van der Waals surface area contributed by atoms with Crippen molar-refractivity contribution in [3.05, 3.63) is 107 Å². The summed E-state index contributed by atoms with van der Waals surface area (Å²) in [5.74, 6) is 0. The third kappa shape index (κ3) is 7.21. The highest BCUT2D eigenvalue weighted by atomic mass is 15.3. The van der Waals surface area contributed by atoms with E-state index in [9.17, 15) is 0 Å². The number of nitrogens with zero attached hydrogens (tertiary/aromatic N) is 3. The lowest BCUT2D eigenvalue weighted by Gasteiger charge is -2.40. The SMILES string of the molecule is CCCCN(CCCC)c1ccc2c(c1)CCC(CN1CCN(C(c3ccccc3)c3ccccc3)CC1)=C2. The van der Waals surface area contributed by atoms with Gasteiger partial charge in [-0.2, -0.15) is 0 Å². The van der Waals surface area contributed by atoms with Crippen molar-refractivity contribution in [1.29, 1.82) is 0 Å². The van der Waals surface area contributed by atoms with E-state index in [1.165, 1.54) is 79.6 Å². The Hall–Kier alpha value is -2.88. The number of aryl methyl sites for hydroxylation is 1. The van der Waals surface area contributed by atoms with Crippen molar-refractivity contribution in [2.75, 3.05) is 50.7 Å². The minimum atomic E-state index is 0.332. The fraction of sp³-hybridized carbons (Fsp3) is 0.444. The lowest BCUT2D eigenvalue weighted by atomic mass is 9.91. The molecule has 0 bridgehead atoms. The predicted molar refractivity (Wildman–Crippen MR) is 168 cm³/mol. The summed E-state index contributed by atoms with van der Waals surface area (Å²) in [7, 11) is 0. The summed E-state index contributed by atoms with van der Waals surface area (Å²) in [5.41, 5.74) is 8.79. The molecule has 1 heterocycles. The zero-order chi connectivity index (χ0) is 26.9. The molecule has 206 valence electrons. The molecule has 0 unspecified atom stereocenters. The van der Waals surface area contributed by atoms with Crippen LogP contribution in [0, 0.1) is 0 Å². The van der Waals surface area contributed by atoms with Gasteiger partial charge in [0.1, 0.15) is 0 Å². The van der Waals surface area contributed by atoms with Crippen molar-refractivity contribution < 1.29 is 0 Å². The molecule has 3 aromatic carbocycles. The quantitative estimate of drug-likeness (QED) is 0.240. The number of rotatable bonds is 12. The summed E-state index contributed by atoms with van der Waals surface area (Å²) in [6.07, 6.45) is 9.92. The first-order chi connectivity index (χ1) is 19.2. The molecule has 39 heavy (non-hydrogen) atoms. The lowest BCUT2D eigenvalue weighted by molar-refractivity contribution is 0.115. The smallest absolute Gasteiger partial charge is 0.0602 e. The Labute approximate surface area is 237 Å². The molecule has 1 fully saturated rings. The maximum Gasteiger partial charge on any atom is 0.0602 e. The Morgan fingerprint density at radius 1 is 0.718 bits per heavy atom. The van der Waals surface area contributed by atoms with Crippen molar-refractivity contribution in [2.24, 2.45) is 0 Å². The molecule has 0 amide bonds. The highest BCUT2D eigenvalue weighted by molar-refractivity contribution is 5.64. The second kappa shape index (κ2) is 14.0. The van der Waals surface area contributed by atoms with Crippen molar-refractivity contribution in [3.8, 4) is 0 Å². The van der Waals surface area contributed by atoms with E-state index in [0.717, 1.165) is 32.7 Å². The van der Waals surface area contributed by atoms with Crippen LogP contribution in [0.1, 0.15) is 74.2 Å². The van der Waals surface area contributed by atoms with E-state index >= 15 is 0 Å². The molecule has 1 aliphatic heterocycles. The van der Waals surface area contributed by atoms with Crippen molar-refractivity contribution in [3.63, 3.8) is 0 Å². The van der Waals surface area contributed by atoms with E-state index < -0.39 is 0 Å². The van der Waals surface area contributed by atoms with Gasteiger partial charge in [0.15, 0.2) is 0 Å². The fourth-order valence-electron chi connectivity index (χ4n) is 6.28. The average Bonchev–Trinajstić information content (AvgIpc) is 2.99. The number of benzene rings is 3. The Morgan fingerprint density at radius 2 is 1.33 bits per heavy atom. The lowest BCUT2D eigenvalue weighted by Crippen LogP contribution is -2.48. The number of hydrogen-bond acceptors (Lipinski definition) is 3. The van der Waals surface area contributed by atoms with Gasteiger partial charge in [0.2, 0.25) is 0 Å². The number of hydrogen-bond donors (Lipinski definition) is 0. The van der Waals surface area contributed by atoms with Crippen LogP contribution in [0.15, 0.2) is 84.4 Å². The van der Waals surface area contributed by atoms with Gasteiger partial charge in [0.25, 0.3) is 0 Å². The Kier molecular flexibility index (Phi) is 9.91. The minimum absolute atomic E-state index is 0.332. The summed E-state index contributed by atoms with van der Waals surface area (Å²) < 4.78 is 0. The van der Waals surface area contributed by atoms with Crippen LogP contribution in [-0.2, 0) is 6.42 Å². The first-order valence-corrected chi connectivity index (χ1v) is 15.4. The molecular weight excluding hydrogens is 474 g/mol. The molecule has 0 N–H and O–H groups in total. The molecule has 3 aromatic rings. The molecule has 3 heteroatoms. The van der Waals surface area contributed by atoms with Crippen LogP contribution in [0.25, 0.3) is 6.08 Å². The normalized spacial score (nSPS) is 16.2. The van der Waals surface area contributed by atoms with Gasteiger partial charge in [-0.3, -0.25) is 9.80 Å². The van der Waals surface area contributed by atoms with E-state index in [0.29, 0.717) is 6.04 Å². The molecule has 5 rings (SSSR count). The van der Waals surface area contributed by atoms with Gasteiger partial charge in [-0.15, -0.1) is 0 Å². The van der Waals surface area contributed by atoms with E-state index in [4.69, 9.17) is 0 Å². The van der Waals surface area contributed by atoms with Gasteiger partial charge in [-0.1, -0.05) is 105 Å². The standard InChI is InChI=1S/C36H47N3/c1-3-5-21-38(22-6-4-2)35-20-19-33-27-30(17-18-34(33)28-35)29-37-23-25-39(26-24-37)36(31-13-9-7-10-14-31)32-15-11-8-12-16-32/h7-16,19-20,27-28,36H,3-6,17-18,21-26,29H2,1-2H3. The maximum atomic E-state index is 2.68.